The summed E-state index contributed by atoms with van der Waals surface area (Å²) in [4.78, 5) is 36.9. The minimum atomic E-state index is -0.516. The van der Waals surface area contributed by atoms with E-state index in [4.69, 9.17) is 4.74 Å². The van der Waals surface area contributed by atoms with E-state index in [1.165, 1.54) is 0 Å². The fraction of sp³-hybridized carbons (Fsp3) is 0.452. The predicted octanol–water partition coefficient (Wildman–Crippen LogP) is 5.23. The standard InChI is InChI=1S/C31H39N5O4/c1-22-11-12-32-27-9-8-24(20-25(22)27)36(39)29(37)26-19-23(7-10-28(26)34-13-5-6-14-34)21-33-15-17-35(18-16-33)30(38)40-31(2,3)4/h7-12,19-20,39H,5-6,13-18,21H2,1-4H3. The van der Waals surface area contributed by atoms with Crippen molar-refractivity contribution in [2.45, 2.75) is 52.7 Å². The van der Waals surface area contributed by atoms with Gasteiger partial charge in [-0.3, -0.25) is 19.9 Å². The van der Waals surface area contributed by atoms with E-state index < -0.39 is 11.5 Å². The second kappa shape index (κ2) is 11.4. The second-order valence-electron chi connectivity index (χ2n) is 11.7. The molecule has 2 saturated heterocycles. The summed E-state index contributed by atoms with van der Waals surface area (Å²) in [5, 5.41) is 12.8. The Kier molecular flexibility index (Phi) is 7.96. The maximum absolute atomic E-state index is 13.8. The van der Waals surface area contributed by atoms with Crippen molar-refractivity contribution in [1.82, 2.24) is 14.8 Å². The predicted molar refractivity (Wildman–Crippen MR) is 156 cm³/mol. The fourth-order valence-corrected chi connectivity index (χ4v) is 5.39. The first-order valence-electron chi connectivity index (χ1n) is 14.1. The van der Waals surface area contributed by atoms with Gasteiger partial charge in [0, 0.05) is 63.1 Å². The molecule has 5 rings (SSSR count). The first-order valence-corrected chi connectivity index (χ1v) is 14.1. The fourth-order valence-electron chi connectivity index (χ4n) is 5.39. The molecule has 40 heavy (non-hydrogen) atoms. The van der Waals surface area contributed by atoms with Crippen molar-refractivity contribution in [3.05, 3.63) is 65.4 Å². The van der Waals surface area contributed by atoms with Crippen molar-refractivity contribution in [1.29, 1.82) is 0 Å². The van der Waals surface area contributed by atoms with Gasteiger partial charge in [-0.25, -0.2) is 4.79 Å². The van der Waals surface area contributed by atoms with Crippen LogP contribution < -0.4 is 9.96 Å². The molecule has 2 fully saturated rings. The minimum absolute atomic E-state index is 0.280. The number of rotatable bonds is 5. The zero-order chi connectivity index (χ0) is 28.4. The molecule has 3 aromatic rings. The van der Waals surface area contributed by atoms with E-state index >= 15 is 0 Å². The molecule has 3 heterocycles. The van der Waals surface area contributed by atoms with Crippen molar-refractivity contribution < 1.29 is 19.5 Å². The molecule has 212 valence electrons. The first kappa shape index (κ1) is 27.9. The number of aryl methyl sites for hydroxylation is 1. The Morgan fingerprint density at radius 3 is 2.40 bits per heavy atom. The van der Waals surface area contributed by atoms with E-state index in [1.807, 2.05) is 52.0 Å². The molecule has 9 nitrogen and oxygen atoms in total. The third kappa shape index (κ3) is 6.21. The number of hydroxylamine groups is 1. The molecule has 0 atom stereocenters. The van der Waals surface area contributed by atoms with E-state index in [2.05, 4.69) is 20.9 Å². The van der Waals surface area contributed by atoms with E-state index in [1.54, 1.807) is 23.2 Å². The SMILES string of the molecule is Cc1ccnc2ccc(N(O)C(=O)c3cc(CN4CCN(C(=O)OC(C)(C)C)CC4)ccc3N3CCCC3)cc12. The lowest BCUT2D eigenvalue weighted by atomic mass is 10.0. The van der Waals surface area contributed by atoms with Crippen LogP contribution in [0.3, 0.4) is 0 Å². The molecule has 2 aliphatic heterocycles. The van der Waals surface area contributed by atoms with Gasteiger partial charge in [0.15, 0.2) is 0 Å². The Morgan fingerprint density at radius 1 is 0.975 bits per heavy atom. The molecular formula is C31H39N5O4. The van der Waals surface area contributed by atoms with Crippen LogP contribution in [0.2, 0.25) is 0 Å². The second-order valence-corrected chi connectivity index (χ2v) is 11.7. The Labute approximate surface area is 235 Å². The van der Waals surface area contributed by atoms with Crippen molar-refractivity contribution in [2.24, 2.45) is 0 Å². The van der Waals surface area contributed by atoms with Gasteiger partial charge >= 0.3 is 6.09 Å². The Balaban J connectivity index is 1.34. The van der Waals surface area contributed by atoms with Gasteiger partial charge in [0.25, 0.3) is 5.91 Å². The van der Waals surface area contributed by atoms with Crippen molar-refractivity contribution in [2.75, 3.05) is 49.2 Å². The topological polar surface area (TPSA) is 89.5 Å². The van der Waals surface area contributed by atoms with E-state index in [-0.39, 0.29) is 6.09 Å². The van der Waals surface area contributed by atoms with Crippen molar-refractivity contribution in [3.63, 3.8) is 0 Å². The molecule has 2 aliphatic rings. The highest BCUT2D eigenvalue weighted by molar-refractivity contribution is 6.09. The van der Waals surface area contributed by atoms with Gasteiger partial charge in [-0.15, -0.1) is 0 Å². The largest absolute Gasteiger partial charge is 0.444 e. The molecule has 0 saturated carbocycles. The van der Waals surface area contributed by atoms with Crippen molar-refractivity contribution >= 4 is 34.3 Å². The Bertz CT molecular complexity index is 1390. The quantitative estimate of drug-likeness (QED) is 0.347. The summed E-state index contributed by atoms with van der Waals surface area (Å²) in [7, 11) is 0. The molecular weight excluding hydrogens is 506 g/mol. The molecule has 9 heteroatoms. The summed E-state index contributed by atoms with van der Waals surface area (Å²) in [6.45, 7) is 12.6. The molecule has 0 bridgehead atoms. The molecule has 2 aromatic carbocycles. The van der Waals surface area contributed by atoms with Crippen LogP contribution in [0.5, 0.6) is 0 Å². The van der Waals surface area contributed by atoms with E-state index in [0.717, 1.165) is 58.7 Å². The third-order valence-electron chi connectivity index (χ3n) is 7.55. The Morgan fingerprint density at radius 2 is 1.70 bits per heavy atom. The zero-order valence-electron chi connectivity index (χ0n) is 23.9. The van der Waals surface area contributed by atoms with Gasteiger partial charge in [0.2, 0.25) is 0 Å². The number of hydrogen-bond acceptors (Lipinski definition) is 7. The highest BCUT2D eigenvalue weighted by Gasteiger charge is 2.28. The summed E-state index contributed by atoms with van der Waals surface area (Å²) in [6, 6.07) is 13.2. The smallest absolute Gasteiger partial charge is 0.410 e. The highest BCUT2D eigenvalue weighted by atomic mass is 16.6. The van der Waals surface area contributed by atoms with Crippen molar-refractivity contribution in [3.8, 4) is 0 Å². The number of aromatic nitrogens is 1. The summed E-state index contributed by atoms with van der Waals surface area (Å²) >= 11 is 0. The molecule has 0 radical (unpaired) electrons. The van der Waals surface area contributed by atoms with Crippen LogP contribution in [0.1, 0.15) is 55.1 Å². The van der Waals surface area contributed by atoms with Gasteiger partial charge in [0.05, 0.1) is 16.8 Å². The number of carbonyl (C=O) groups excluding carboxylic acids is 2. The summed E-state index contributed by atoms with van der Waals surface area (Å²) in [6.07, 6.45) is 3.64. The first-order chi connectivity index (χ1) is 19.1. The Hall–Kier alpha value is -3.69. The van der Waals surface area contributed by atoms with Crippen LogP contribution >= 0.6 is 0 Å². The number of fused-ring (bicyclic) bond motifs is 1. The summed E-state index contributed by atoms with van der Waals surface area (Å²) in [5.74, 6) is -0.459. The third-order valence-corrected chi connectivity index (χ3v) is 7.55. The van der Waals surface area contributed by atoms with Gasteiger partial charge in [-0.2, -0.15) is 5.06 Å². The summed E-state index contributed by atoms with van der Waals surface area (Å²) in [5.41, 5.74) is 4.05. The maximum Gasteiger partial charge on any atom is 0.410 e. The molecule has 1 aromatic heterocycles. The number of pyridine rings is 1. The number of hydrogen-bond donors (Lipinski definition) is 1. The van der Waals surface area contributed by atoms with Crippen LogP contribution in [0, 0.1) is 6.92 Å². The van der Waals surface area contributed by atoms with Crippen LogP contribution in [0.4, 0.5) is 16.2 Å². The molecule has 0 spiro atoms. The average molecular weight is 546 g/mol. The maximum atomic E-state index is 13.8. The van der Waals surface area contributed by atoms with Gasteiger partial charge in [-0.1, -0.05) is 6.07 Å². The average Bonchev–Trinajstić information content (AvgIpc) is 3.47. The minimum Gasteiger partial charge on any atom is -0.444 e. The van der Waals surface area contributed by atoms with Crippen LogP contribution in [0.15, 0.2) is 48.7 Å². The molecule has 0 unspecified atom stereocenters. The van der Waals surface area contributed by atoms with Gasteiger partial charge in [-0.05, 0) is 88.1 Å². The highest BCUT2D eigenvalue weighted by Crippen LogP contribution is 2.30. The van der Waals surface area contributed by atoms with E-state index in [9.17, 15) is 14.8 Å². The lowest BCUT2D eigenvalue weighted by Crippen LogP contribution is -2.49. The number of nitrogens with zero attached hydrogens (tertiary/aromatic N) is 5. The van der Waals surface area contributed by atoms with E-state index in [0.29, 0.717) is 44.0 Å². The number of carbonyl (C=O) groups is 2. The number of anilines is 2. The number of benzene rings is 2. The number of piperazine rings is 1. The number of amides is 2. The van der Waals surface area contributed by atoms with Crippen LogP contribution in [0.25, 0.3) is 10.9 Å². The van der Waals surface area contributed by atoms with Gasteiger partial charge in [0.1, 0.15) is 5.60 Å². The normalized spacial score (nSPS) is 16.4. The summed E-state index contributed by atoms with van der Waals surface area (Å²) < 4.78 is 5.52. The van der Waals surface area contributed by atoms with Gasteiger partial charge < -0.3 is 14.5 Å². The molecule has 1 N–H and O–H groups in total. The van der Waals surface area contributed by atoms with Crippen LogP contribution in [-0.4, -0.2) is 76.9 Å². The lowest BCUT2D eigenvalue weighted by Gasteiger charge is -2.35. The van der Waals surface area contributed by atoms with Crippen LogP contribution in [-0.2, 0) is 11.3 Å². The molecule has 0 aliphatic carbocycles. The monoisotopic (exact) mass is 545 g/mol. The lowest BCUT2D eigenvalue weighted by molar-refractivity contribution is 0.0139. The zero-order valence-corrected chi connectivity index (χ0v) is 23.9. The number of ether oxygens (including phenoxy) is 1. The molecule has 2 amide bonds.